The third-order valence-electron chi connectivity index (χ3n) is 1.31. The van der Waals surface area contributed by atoms with E-state index in [1.165, 1.54) is 0 Å². The van der Waals surface area contributed by atoms with Gasteiger partial charge in [-0.25, -0.2) is 0 Å². The fourth-order valence-electron chi connectivity index (χ4n) is 0.807. The Kier molecular flexibility index (Phi) is 1.51. The Hall–Kier alpha value is -0.860. The molecule has 0 spiro atoms. The van der Waals surface area contributed by atoms with Crippen LogP contribution in [-0.4, -0.2) is 14.8 Å². The van der Waals surface area contributed by atoms with Crippen LogP contribution in [0.25, 0.3) is 0 Å². The van der Waals surface area contributed by atoms with E-state index in [2.05, 4.69) is 24.0 Å². The third-order valence-corrected chi connectivity index (χ3v) is 1.31. The van der Waals surface area contributed by atoms with Gasteiger partial charge in [-0.2, -0.15) is 0 Å². The smallest absolute Gasteiger partial charge is 0.129 e. The standard InChI is InChI=1S/C6H11N3/c1-5(2)9-4-7-8-6(9)3/h4-5H,1-3H3. The molecular weight excluding hydrogens is 114 g/mol. The van der Waals surface area contributed by atoms with Crippen molar-refractivity contribution in [2.24, 2.45) is 0 Å². The second kappa shape index (κ2) is 2.17. The first-order chi connectivity index (χ1) is 4.22. The van der Waals surface area contributed by atoms with Crippen molar-refractivity contribution < 1.29 is 0 Å². The summed E-state index contributed by atoms with van der Waals surface area (Å²) in [6, 6.07) is 0.472. The Bertz CT molecular complexity index is 190. The first-order valence-corrected chi connectivity index (χ1v) is 3.08. The second-order valence-corrected chi connectivity index (χ2v) is 2.38. The molecule has 0 aromatic carbocycles. The van der Waals surface area contributed by atoms with Crippen molar-refractivity contribution in [3.05, 3.63) is 12.2 Å². The average Bonchev–Trinajstić information content (AvgIpc) is 2.13. The van der Waals surface area contributed by atoms with Gasteiger partial charge in [-0.1, -0.05) is 0 Å². The Morgan fingerprint density at radius 2 is 2.22 bits per heavy atom. The highest BCUT2D eigenvalue weighted by molar-refractivity contribution is 4.82. The molecular formula is C6H11N3. The number of rotatable bonds is 1. The van der Waals surface area contributed by atoms with E-state index in [0.717, 1.165) is 5.82 Å². The van der Waals surface area contributed by atoms with Crippen molar-refractivity contribution >= 4 is 0 Å². The van der Waals surface area contributed by atoms with Crippen molar-refractivity contribution in [2.75, 3.05) is 0 Å². The van der Waals surface area contributed by atoms with Crippen LogP contribution in [0.2, 0.25) is 0 Å². The molecule has 3 heteroatoms. The highest BCUT2D eigenvalue weighted by Crippen LogP contribution is 2.03. The first kappa shape index (κ1) is 6.26. The summed E-state index contributed by atoms with van der Waals surface area (Å²) in [6.07, 6.45) is 1.75. The molecule has 1 heterocycles. The van der Waals surface area contributed by atoms with E-state index < -0.39 is 0 Å². The quantitative estimate of drug-likeness (QED) is 0.564. The van der Waals surface area contributed by atoms with Gasteiger partial charge in [0, 0.05) is 6.04 Å². The number of hydrogen-bond acceptors (Lipinski definition) is 2. The number of hydrogen-bond donors (Lipinski definition) is 0. The zero-order valence-corrected chi connectivity index (χ0v) is 6.00. The SMILES string of the molecule is Cc1nncn1C(C)C. The molecule has 0 fully saturated rings. The van der Waals surface area contributed by atoms with Crippen molar-refractivity contribution in [1.82, 2.24) is 14.8 Å². The lowest BCUT2D eigenvalue weighted by atomic mass is 10.4. The van der Waals surface area contributed by atoms with E-state index in [1.54, 1.807) is 6.33 Å². The Balaban J connectivity index is 2.94. The van der Waals surface area contributed by atoms with E-state index in [9.17, 15) is 0 Å². The second-order valence-electron chi connectivity index (χ2n) is 2.38. The van der Waals surface area contributed by atoms with E-state index in [0.29, 0.717) is 6.04 Å². The summed E-state index contributed by atoms with van der Waals surface area (Å²) in [4.78, 5) is 0. The van der Waals surface area contributed by atoms with Gasteiger partial charge < -0.3 is 4.57 Å². The highest BCUT2D eigenvalue weighted by Gasteiger charge is 1.99. The molecule has 50 valence electrons. The zero-order valence-electron chi connectivity index (χ0n) is 6.00. The van der Waals surface area contributed by atoms with Gasteiger partial charge in [0.05, 0.1) is 0 Å². The van der Waals surface area contributed by atoms with E-state index in [-0.39, 0.29) is 0 Å². The van der Waals surface area contributed by atoms with E-state index in [4.69, 9.17) is 0 Å². The minimum atomic E-state index is 0.472. The van der Waals surface area contributed by atoms with Gasteiger partial charge in [0.2, 0.25) is 0 Å². The Morgan fingerprint density at radius 1 is 1.56 bits per heavy atom. The molecule has 0 amide bonds. The van der Waals surface area contributed by atoms with Crippen LogP contribution in [0, 0.1) is 6.92 Å². The van der Waals surface area contributed by atoms with Crippen molar-refractivity contribution in [3.8, 4) is 0 Å². The lowest BCUT2D eigenvalue weighted by Crippen LogP contribution is -2.00. The van der Waals surface area contributed by atoms with Crippen LogP contribution in [0.5, 0.6) is 0 Å². The van der Waals surface area contributed by atoms with E-state index in [1.807, 2.05) is 11.5 Å². The molecule has 1 rings (SSSR count). The molecule has 0 atom stereocenters. The minimum Gasteiger partial charge on any atom is -0.315 e. The molecule has 0 aliphatic heterocycles. The van der Waals surface area contributed by atoms with Gasteiger partial charge in [0.1, 0.15) is 12.2 Å². The summed E-state index contributed by atoms with van der Waals surface area (Å²) >= 11 is 0. The summed E-state index contributed by atoms with van der Waals surface area (Å²) in [7, 11) is 0. The fourth-order valence-corrected chi connectivity index (χ4v) is 0.807. The number of nitrogens with zero attached hydrogens (tertiary/aromatic N) is 3. The first-order valence-electron chi connectivity index (χ1n) is 3.08. The molecule has 0 radical (unpaired) electrons. The molecule has 0 aliphatic rings. The van der Waals surface area contributed by atoms with Crippen LogP contribution in [0.3, 0.4) is 0 Å². The van der Waals surface area contributed by atoms with Gasteiger partial charge in [-0.3, -0.25) is 0 Å². The monoisotopic (exact) mass is 125 g/mol. The van der Waals surface area contributed by atoms with Crippen LogP contribution in [-0.2, 0) is 0 Å². The molecule has 0 aliphatic carbocycles. The number of aryl methyl sites for hydroxylation is 1. The predicted molar refractivity (Wildman–Crippen MR) is 35.1 cm³/mol. The fraction of sp³-hybridized carbons (Fsp3) is 0.667. The molecule has 0 bridgehead atoms. The molecule has 9 heavy (non-hydrogen) atoms. The summed E-state index contributed by atoms with van der Waals surface area (Å²) < 4.78 is 2.03. The highest BCUT2D eigenvalue weighted by atomic mass is 15.3. The molecule has 1 aromatic rings. The minimum absolute atomic E-state index is 0.472. The van der Waals surface area contributed by atoms with Crippen LogP contribution >= 0.6 is 0 Å². The molecule has 0 unspecified atom stereocenters. The van der Waals surface area contributed by atoms with Gasteiger partial charge >= 0.3 is 0 Å². The average molecular weight is 125 g/mol. The molecule has 0 N–H and O–H groups in total. The van der Waals surface area contributed by atoms with Gasteiger partial charge in [-0.05, 0) is 20.8 Å². The van der Waals surface area contributed by atoms with Gasteiger partial charge in [0.15, 0.2) is 0 Å². The summed E-state index contributed by atoms with van der Waals surface area (Å²) in [6.45, 7) is 6.17. The summed E-state index contributed by atoms with van der Waals surface area (Å²) in [5, 5.41) is 7.61. The van der Waals surface area contributed by atoms with E-state index >= 15 is 0 Å². The number of aromatic nitrogens is 3. The largest absolute Gasteiger partial charge is 0.315 e. The maximum Gasteiger partial charge on any atom is 0.129 e. The topological polar surface area (TPSA) is 30.7 Å². The maximum absolute atomic E-state index is 3.85. The third kappa shape index (κ3) is 1.09. The van der Waals surface area contributed by atoms with Crippen LogP contribution in [0.4, 0.5) is 0 Å². The molecule has 1 aromatic heterocycles. The normalized spacial score (nSPS) is 10.7. The van der Waals surface area contributed by atoms with Crippen LogP contribution < -0.4 is 0 Å². The summed E-state index contributed by atoms with van der Waals surface area (Å²) in [5.41, 5.74) is 0. The Morgan fingerprint density at radius 3 is 2.44 bits per heavy atom. The Labute approximate surface area is 54.7 Å². The predicted octanol–water partition coefficient (Wildman–Crippen LogP) is 1.17. The molecule has 3 nitrogen and oxygen atoms in total. The molecule has 0 saturated heterocycles. The zero-order chi connectivity index (χ0) is 6.85. The molecule has 0 saturated carbocycles. The van der Waals surface area contributed by atoms with Crippen LogP contribution in [0.1, 0.15) is 25.7 Å². The van der Waals surface area contributed by atoms with Crippen molar-refractivity contribution in [3.63, 3.8) is 0 Å². The summed E-state index contributed by atoms with van der Waals surface area (Å²) in [5.74, 6) is 0.977. The van der Waals surface area contributed by atoms with Gasteiger partial charge in [-0.15, -0.1) is 10.2 Å². The lowest BCUT2D eigenvalue weighted by molar-refractivity contribution is 0.581. The van der Waals surface area contributed by atoms with Gasteiger partial charge in [0.25, 0.3) is 0 Å². The maximum atomic E-state index is 3.85. The van der Waals surface area contributed by atoms with Crippen LogP contribution in [0.15, 0.2) is 6.33 Å². The van der Waals surface area contributed by atoms with Crippen molar-refractivity contribution in [1.29, 1.82) is 0 Å². The van der Waals surface area contributed by atoms with Crippen molar-refractivity contribution in [2.45, 2.75) is 26.8 Å². The lowest BCUT2D eigenvalue weighted by Gasteiger charge is -2.05.